The van der Waals surface area contributed by atoms with Crippen LogP contribution < -0.4 is 9.80 Å². The lowest BCUT2D eigenvalue weighted by Crippen LogP contribution is -2.67. The highest BCUT2D eigenvalue weighted by Gasteiger charge is 2.57. The van der Waals surface area contributed by atoms with E-state index in [0.29, 0.717) is 13.1 Å². The van der Waals surface area contributed by atoms with Crippen LogP contribution in [0.2, 0.25) is 5.02 Å². The summed E-state index contributed by atoms with van der Waals surface area (Å²) in [5.74, 6) is 0.230. The molecule has 2 saturated heterocycles. The molecule has 0 bridgehead atoms. The Bertz CT molecular complexity index is 944. The summed E-state index contributed by atoms with van der Waals surface area (Å²) in [6, 6.07) is -0.441. The van der Waals surface area contributed by atoms with Gasteiger partial charge in [0.05, 0.1) is 23.9 Å². The van der Waals surface area contributed by atoms with Crippen LogP contribution in [0.25, 0.3) is 0 Å². The summed E-state index contributed by atoms with van der Waals surface area (Å²) in [6.45, 7) is 4.23. The zero-order valence-electron chi connectivity index (χ0n) is 16.1. The highest BCUT2D eigenvalue weighted by atomic mass is 35.5. The van der Waals surface area contributed by atoms with Crippen molar-refractivity contribution >= 4 is 33.2 Å². The Hall–Kier alpha value is -1.33. The normalized spacial score (nSPS) is 34.2. The molecule has 5 atom stereocenters. The molecule has 4 rings (SSSR count). The van der Waals surface area contributed by atoms with Crippen molar-refractivity contribution in [3.63, 3.8) is 0 Å². The van der Waals surface area contributed by atoms with Gasteiger partial charge in [-0.15, -0.1) is 0 Å². The number of halogens is 4. The van der Waals surface area contributed by atoms with Gasteiger partial charge in [-0.25, -0.2) is 13.4 Å². The highest BCUT2D eigenvalue weighted by molar-refractivity contribution is 7.90. The summed E-state index contributed by atoms with van der Waals surface area (Å²) >= 11 is 6.06. The zero-order valence-corrected chi connectivity index (χ0v) is 17.7. The van der Waals surface area contributed by atoms with Crippen molar-refractivity contribution in [1.82, 2.24) is 9.97 Å². The summed E-state index contributed by atoms with van der Waals surface area (Å²) < 4.78 is 63.6. The molecule has 1 aromatic heterocycles. The minimum absolute atomic E-state index is 0.00744. The molecule has 3 aliphatic rings. The number of fused-ring (bicyclic) bond motifs is 1. The molecular formula is C17H22ClF3N4O3S. The number of β-amino-alcohol motifs (C(OH)–C–C–N with tert-alkyl or cyclic N) is 1. The molecule has 29 heavy (non-hydrogen) atoms. The number of hydrogen-bond acceptors (Lipinski definition) is 7. The van der Waals surface area contributed by atoms with E-state index < -0.39 is 38.4 Å². The fourth-order valence-corrected chi connectivity index (χ4v) is 5.95. The number of sulfone groups is 1. The molecule has 1 aromatic rings. The first-order chi connectivity index (χ1) is 13.2. The monoisotopic (exact) mass is 454 g/mol. The predicted octanol–water partition coefficient (Wildman–Crippen LogP) is 1.84. The van der Waals surface area contributed by atoms with E-state index in [1.165, 1.54) is 11.2 Å². The SMILES string of the molecule is C[C@@H]1N(c2nc(N3C[C@@H]4C(CS(C)(=O)=O)[C@@H]4C3)c(Cl)c(C(F)(F)F)n2)C[C@@]1(C)O. The predicted molar refractivity (Wildman–Crippen MR) is 102 cm³/mol. The van der Waals surface area contributed by atoms with Crippen molar-refractivity contribution in [2.24, 2.45) is 17.8 Å². The average molecular weight is 455 g/mol. The van der Waals surface area contributed by atoms with E-state index in [1.54, 1.807) is 18.7 Å². The summed E-state index contributed by atoms with van der Waals surface area (Å²) in [5, 5.41) is 9.58. The number of anilines is 2. The van der Waals surface area contributed by atoms with Crippen molar-refractivity contribution in [2.45, 2.75) is 31.7 Å². The van der Waals surface area contributed by atoms with Crippen molar-refractivity contribution in [1.29, 1.82) is 0 Å². The Labute approximate surface area is 171 Å². The molecule has 2 aliphatic heterocycles. The van der Waals surface area contributed by atoms with Crippen LogP contribution in [0, 0.1) is 17.8 Å². The Morgan fingerprint density at radius 2 is 1.86 bits per heavy atom. The molecule has 3 fully saturated rings. The molecule has 1 unspecified atom stereocenters. The van der Waals surface area contributed by atoms with Gasteiger partial charge in [-0.3, -0.25) is 0 Å². The number of hydrogen-bond donors (Lipinski definition) is 1. The van der Waals surface area contributed by atoms with Gasteiger partial charge < -0.3 is 14.9 Å². The van der Waals surface area contributed by atoms with Crippen LogP contribution >= 0.6 is 11.6 Å². The third-order valence-electron chi connectivity index (χ3n) is 6.37. The van der Waals surface area contributed by atoms with Crippen molar-refractivity contribution in [2.75, 3.05) is 41.4 Å². The Balaban J connectivity index is 1.62. The Kier molecular flexibility index (Phi) is 4.57. The molecule has 1 N–H and O–H groups in total. The van der Waals surface area contributed by atoms with Crippen LogP contribution in [0.15, 0.2) is 0 Å². The minimum atomic E-state index is -4.75. The van der Waals surface area contributed by atoms with Crippen molar-refractivity contribution in [3.8, 4) is 0 Å². The fraction of sp³-hybridized carbons (Fsp3) is 0.765. The molecule has 7 nitrogen and oxygen atoms in total. The lowest BCUT2D eigenvalue weighted by atomic mass is 9.87. The molecule has 0 radical (unpaired) electrons. The van der Waals surface area contributed by atoms with E-state index in [1.807, 2.05) is 0 Å². The van der Waals surface area contributed by atoms with E-state index in [2.05, 4.69) is 9.97 Å². The van der Waals surface area contributed by atoms with Crippen LogP contribution in [0.5, 0.6) is 0 Å². The number of rotatable bonds is 4. The fourth-order valence-electron chi connectivity index (χ4n) is 4.45. The van der Waals surface area contributed by atoms with Crippen LogP contribution in [0.3, 0.4) is 0 Å². The Morgan fingerprint density at radius 3 is 2.31 bits per heavy atom. The van der Waals surface area contributed by atoms with E-state index in [-0.39, 0.29) is 41.8 Å². The topological polar surface area (TPSA) is 86.6 Å². The maximum atomic E-state index is 13.5. The van der Waals surface area contributed by atoms with Crippen LogP contribution in [-0.2, 0) is 16.0 Å². The summed E-state index contributed by atoms with van der Waals surface area (Å²) in [7, 11) is -3.10. The number of piperidine rings is 1. The quantitative estimate of drug-likeness (QED) is 0.742. The number of aromatic nitrogens is 2. The zero-order chi connectivity index (χ0) is 21.5. The number of aliphatic hydroxyl groups is 1. The number of nitrogens with zero attached hydrogens (tertiary/aromatic N) is 4. The second kappa shape index (κ2) is 6.34. The first-order valence-electron chi connectivity index (χ1n) is 9.25. The molecule has 1 saturated carbocycles. The van der Waals surface area contributed by atoms with Crippen LogP contribution in [-0.4, -0.2) is 66.8 Å². The molecule has 162 valence electrons. The second-order valence-electron chi connectivity index (χ2n) is 8.66. The van der Waals surface area contributed by atoms with Gasteiger partial charge in [-0.05, 0) is 31.6 Å². The van der Waals surface area contributed by atoms with Gasteiger partial charge in [0, 0.05) is 19.3 Å². The van der Waals surface area contributed by atoms with Crippen LogP contribution in [0.4, 0.5) is 24.9 Å². The summed E-state index contributed by atoms with van der Waals surface area (Å²) in [5.41, 5.74) is -2.23. The molecule has 0 amide bonds. The van der Waals surface area contributed by atoms with Crippen molar-refractivity contribution in [3.05, 3.63) is 10.7 Å². The van der Waals surface area contributed by atoms with Crippen LogP contribution in [0.1, 0.15) is 19.5 Å². The Morgan fingerprint density at radius 1 is 1.28 bits per heavy atom. The van der Waals surface area contributed by atoms with Gasteiger partial charge in [-0.2, -0.15) is 18.2 Å². The maximum absolute atomic E-state index is 13.5. The lowest BCUT2D eigenvalue weighted by molar-refractivity contribution is -0.141. The molecule has 0 spiro atoms. The van der Waals surface area contributed by atoms with E-state index in [4.69, 9.17) is 11.6 Å². The van der Waals surface area contributed by atoms with Gasteiger partial charge in [0.2, 0.25) is 5.95 Å². The average Bonchev–Trinajstić information content (AvgIpc) is 3.01. The third-order valence-corrected chi connectivity index (χ3v) is 7.71. The van der Waals surface area contributed by atoms with Gasteiger partial charge in [-0.1, -0.05) is 11.6 Å². The van der Waals surface area contributed by atoms with E-state index in [0.717, 1.165) is 0 Å². The maximum Gasteiger partial charge on any atom is 0.435 e. The first kappa shape index (κ1) is 20.9. The summed E-state index contributed by atoms with van der Waals surface area (Å²) in [6.07, 6.45) is -3.56. The smallest absolute Gasteiger partial charge is 0.386 e. The van der Waals surface area contributed by atoms with Gasteiger partial charge >= 0.3 is 6.18 Å². The van der Waals surface area contributed by atoms with Gasteiger partial charge in [0.1, 0.15) is 14.9 Å². The third kappa shape index (κ3) is 3.65. The summed E-state index contributed by atoms with van der Waals surface area (Å²) in [4.78, 5) is 11.1. The standard InChI is InChI=1S/C17H22ClF3N4O3S/c1-8-16(2,26)7-25(8)15-22-13(17(19,20)21)12(18)14(23-15)24-4-9-10(5-24)11(9)6-29(3,27)28/h8-11,26H,4-7H2,1-3H3/t8-,9-,10+,11?,16+/m0/s1. The minimum Gasteiger partial charge on any atom is -0.386 e. The first-order valence-corrected chi connectivity index (χ1v) is 11.7. The molecule has 3 heterocycles. The van der Waals surface area contributed by atoms with Gasteiger partial charge in [0.15, 0.2) is 11.5 Å². The largest absolute Gasteiger partial charge is 0.435 e. The molecule has 1 aliphatic carbocycles. The van der Waals surface area contributed by atoms with Crippen molar-refractivity contribution < 1.29 is 26.7 Å². The number of alkyl halides is 3. The second-order valence-corrected chi connectivity index (χ2v) is 11.2. The highest BCUT2D eigenvalue weighted by Crippen LogP contribution is 2.54. The molecular weight excluding hydrogens is 433 g/mol. The lowest BCUT2D eigenvalue weighted by Gasteiger charge is -2.51. The van der Waals surface area contributed by atoms with Gasteiger partial charge in [0.25, 0.3) is 0 Å². The molecule has 12 heteroatoms. The van der Waals surface area contributed by atoms with E-state index in [9.17, 15) is 26.7 Å². The van der Waals surface area contributed by atoms with E-state index >= 15 is 0 Å². The molecule has 0 aromatic carbocycles.